The predicted molar refractivity (Wildman–Crippen MR) is 69.7 cm³/mol. The minimum atomic E-state index is 0.869. The van der Waals surface area contributed by atoms with Crippen LogP contribution >= 0.6 is 0 Å². The normalized spacial score (nSPS) is 19.0. The zero-order valence-corrected chi connectivity index (χ0v) is 10.9. The molecule has 0 aliphatic carbocycles. The average Bonchev–Trinajstić information content (AvgIpc) is 2.30. The zero-order valence-electron chi connectivity index (χ0n) is 10.9. The molecule has 0 radical (unpaired) electrons. The molecule has 16 heavy (non-hydrogen) atoms. The highest BCUT2D eigenvalue weighted by molar-refractivity contribution is 4.99. The van der Waals surface area contributed by atoms with Crippen molar-refractivity contribution in [1.29, 1.82) is 0 Å². The molecule has 1 rings (SSSR count). The summed E-state index contributed by atoms with van der Waals surface area (Å²) in [6, 6.07) is 0. The monoisotopic (exact) mass is 225 g/mol. The van der Waals surface area contributed by atoms with E-state index >= 15 is 0 Å². The molecule has 1 heterocycles. The highest BCUT2D eigenvalue weighted by atomic mass is 16.5. The summed E-state index contributed by atoms with van der Waals surface area (Å²) >= 11 is 0. The smallest absolute Gasteiger partial charge is 0.0468 e. The summed E-state index contributed by atoms with van der Waals surface area (Å²) in [7, 11) is 0. The summed E-state index contributed by atoms with van der Waals surface area (Å²) < 4.78 is 5.38. The first-order valence-corrected chi connectivity index (χ1v) is 6.77. The molecule has 0 unspecified atom stereocenters. The molecular formula is C14H27NO. The van der Waals surface area contributed by atoms with E-state index in [-0.39, 0.29) is 0 Å². The lowest BCUT2D eigenvalue weighted by atomic mass is 9.92. The second-order valence-corrected chi connectivity index (χ2v) is 4.85. The Labute approximate surface area is 100 Å². The van der Waals surface area contributed by atoms with Crippen molar-refractivity contribution in [2.24, 2.45) is 5.92 Å². The minimum Gasteiger partial charge on any atom is -0.381 e. The molecule has 0 amide bonds. The van der Waals surface area contributed by atoms with Crippen LogP contribution in [0.25, 0.3) is 0 Å². The van der Waals surface area contributed by atoms with E-state index in [4.69, 9.17) is 4.74 Å². The van der Waals surface area contributed by atoms with E-state index < -0.39 is 0 Å². The van der Waals surface area contributed by atoms with E-state index in [0.29, 0.717) is 0 Å². The zero-order chi connectivity index (χ0) is 11.6. The number of ether oxygens (including phenoxy) is 1. The molecule has 0 aromatic rings. The molecular weight excluding hydrogens is 198 g/mol. The van der Waals surface area contributed by atoms with Crippen molar-refractivity contribution in [2.45, 2.75) is 46.0 Å². The van der Waals surface area contributed by atoms with Gasteiger partial charge in [0.15, 0.2) is 0 Å². The van der Waals surface area contributed by atoms with Crippen molar-refractivity contribution in [3.63, 3.8) is 0 Å². The fourth-order valence-electron chi connectivity index (χ4n) is 2.21. The Bertz CT molecular complexity index is 195. The highest BCUT2D eigenvalue weighted by Gasteiger charge is 2.13. The Hall–Kier alpha value is -0.340. The van der Waals surface area contributed by atoms with Crippen LogP contribution in [0.15, 0.2) is 11.6 Å². The first-order chi connectivity index (χ1) is 7.83. The van der Waals surface area contributed by atoms with Crippen LogP contribution in [0, 0.1) is 5.92 Å². The van der Waals surface area contributed by atoms with Gasteiger partial charge in [-0.15, -0.1) is 0 Å². The summed E-state index contributed by atoms with van der Waals surface area (Å²) in [5.74, 6) is 0.869. The lowest BCUT2D eigenvalue weighted by Crippen LogP contribution is -2.16. The van der Waals surface area contributed by atoms with Crippen LogP contribution in [0.2, 0.25) is 0 Å². The molecule has 0 aromatic carbocycles. The fraction of sp³-hybridized carbons (Fsp3) is 0.857. The second-order valence-electron chi connectivity index (χ2n) is 4.85. The molecule has 0 atom stereocenters. The lowest BCUT2D eigenvalue weighted by molar-refractivity contribution is 0.0665. The van der Waals surface area contributed by atoms with Gasteiger partial charge >= 0.3 is 0 Å². The van der Waals surface area contributed by atoms with E-state index in [9.17, 15) is 0 Å². The van der Waals surface area contributed by atoms with Gasteiger partial charge in [-0.05, 0) is 58.0 Å². The molecule has 1 aliphatic heterocycles. The Balaban J connectivity index is 2.07. The lowest BCUT2D eigenvalue weighted by Gasteiger charge is -2.22. The van der Waals surface area contributed by atoms with Crippen molar-refractivity contribution in [3.8, 4) is 0 Å². The third-order valence-electron chi connectivity index (χ3n) is 3.19. The summed E-state index contributed by atoms with van der Waals surface area (Å²) in [5, 5.41) is 3.43. The summed E-state index contributed by atoms with van der Waals surface area (Å²) in [6.07, 6.45) is 8.58. The van der Waals surface area contributed by atoms with E-state index in [1.54, 1.807) is 5.57 Å². The number of allylic oxidation sites excluding steroid dienone is 1. The van der Waals surface area contributed by atoms with Crippen LogP contribution in [-0.2, 0) is 4.74 Å². The summed E-state index contributed by atoms with van der Waals surface area (Å²) in [6.45, 7) is 8.69. The fourth-order valence-corrected chi connectivity index (χ4v) is 2.21. The molecule has 2 heteroatoms. The van der Waals surface area contributed by atoms with Crippen LogP contribution in [-0.4, -0.2) is 26.3 Å². The molecule has 1 N–H and O–H groups in total. The number of nitrogens with one attached hydrogen (secondary N) is 1. The van der Waals surface area contributed by atoms with Crippen LogP contribution in [0.4, 0.5) is 0 Å². The van der Waals surface area contributed by atoms with Gasteiger partial charge in [-0.1, -0.05) is 18.6 Å². The van der Waals surface area contributed by atoms with Crippen molar-refractivity contribution in [3.05, 3.63) is 11.6 Å². The molecule has 0 saturated carbocycles. The minimum absolute atomic E-state index is 0.869. The van der Waals surface area contributed by atoms with Crippen molar-refractivity contribution in [1.82, 2.24) is 5.32 Å². The number of hydrogen-bond acceptors (Lipinski definition) is 2. The Morgan fingerprint density at radius 1 is 1.31 bits per heavy atom. The van der Waals surface area contributed by atoms with Crippen LogP contribution in [0.3, 0.4) is 0 Å². The topological polar surface area (TPSA) is 21.3 Å². The summed E-state index contributed by atoms with van der Waals surface area (Å²) in [4.78, 5) is 0. The van der Waals surface area contributed by atoms with E-state index in [0.717, 1.165) is 32.2 Å². The Morgan fingerprint density at radius 2 is 2.06 bits per heavy atom. The predicted octanol–water partition coefficient (Wildman–Crippen LogP) is 3.14. The van der Waals surface area contributed by atoms with Gasteiger partial charge in [-0.3, -0.25) is 0 Å². The van der Waals surface area contributed by atoms with Gasteiger partial charge < -0.3 is 10.1 Å². The van der Waals surface area contributed by atoms with Gasteiger partial charge in [-0.2, -0.15) is 0 Å². The van der Waals surface area contributed by atoms with Gasteiger partial charge in [0.05, 0.1) is 0 Å². The summed E-state index contributed by atoms with van der Waals surface area (Å²) in [5.41, 5.74) is 1.56. The quantitative estimate of drug-likeness (QED) is 0.531. The van der Waals surface area contributed by atoms with Crippen molar-refractivity contribution >= 4 is 0 Å². The van der Waals surface area contributed by atoms with Crippen LogP contribution in [0.1, 0.15) is 46.0 Å². The molecule has 94 valence electrons. The maximum Gasteiger partial charge on any atom is 0.0468 e. The third-order valence-corrected chi connectivity index (χ3v) is 3.19. The maximum atomic E-state index is 5.38. The maximum absolute atomic E-state index is 5.38. The second kappa shape index (κ2) is 8.77. The van der Waals surface area contributed by atoms with E-state index in [2.05, 4.69) is 25.2 Å². The van der Waals surface area contributed by atoms with Crippen LogP contribution in [0.5, 0.6) is 0 Å². The third kappa shape index (κ3) is 6.29. The Kier molecular flexibility index (Phi) is 7.52. The molecule has 0 spiro atoms. The van der Waals surface area contributed by atoms with Crippen LogP contribution < -0.4 is 5.32 Å². The first kappa shape index (κ1) is 13.7. The van der Waals surface area contributed by atoms with Crippen molar-refractivity contribution in [2.75, 3.05) is 26.3 Å². The molecule has 0 aromatic heterocycles. The standard InChI is InChI=1S/C14H27NO/c1-3-8-15-9-4-5-13(2)12-14-6-10-16-11-7-14/h5,14-15H,3-4,6-12H2,1-2H3. The SMILES string of the molecule is CCCNCCC=C(C)CC1CCOCC1. The number of rotatable bonds is 7. The number of hydrogen-bond donors (Lipinski definition) is 1. The first-order valence-electron chi connectivity index (χ1n) is 6.77. The van der Waals surface area contributed by atoms with Gasteiger partial charge in [-0.25, -0.2) is 0 Å². The van der Waals surface area contributed by atoms with E-state index in [1.807, 2.05) is 0 Å². The molecule has 1 fully saturated rings. The molecule has 1 aliphatic rings. The van der Waals surface area contributed by atoms with Crippen molar-refractivity contribution < 1.29 is 4.74 Å². The average molecular weight is 225 g/mol. The van der Waals surface area contributed by atoms with Gasteiger partial charge in [0.2, 0.25) is 0 Å². The Morgan fingerprint density at radius 3 is 2.75 bits per heavy atom. The molecule has 0 bridgehead atoms. The van der Waals surface area contributed by atoms with Gasteiger partial charge in [0, 0.05) is 13.2 Å². The van der Waals surface area contributed by atoms with E-state index in [1.165, 1.54) is 32.1 Å². The molecule has 2 nitrogen and oxygen atoms in total. The van der Waals surface area contributed by atoms with Gasteiger partial charge in [0.25, 0.3) is 0 Å². The highest BCUT2D eigenvalue weighted by Crippen LogP contribution is 2.22. The molecule has 1 saturated heterocycles. The van der Waals surface area contributed by atoms with Gasteiger partial charge in [0.1, 0.15) is 0 Å². The largest absolute Gasteiger partial charge is 0.381 e.